The van der Waals surface area contributed by atoms with E-state index in [4.69, 9.17) is 10.00 Å². The Morgan fingerprint density at radius 2 is 2.08 bits per heavy atom. The highest BCUT2D eigenvalue weighted by Crippen LogP contribution is 2.28. The van der Waals surface area contributed by atoms with Gasteiger partial charge < -0.3 is 4.74 Å². The first-order valence-corrected chi connectivity index (χ1v) is 4.75. The molecule has 0 aromatic carbocycles. The van der Waals surface area contributed by atoms with Crippen LogP contribution in [0.2, 0.25) is 0 Å². The summed E-state index contributed by atoms with van der Waals surface area (Å²) < 4.78 is 4.93. The van der Waals surface area contributed by atoms with Crippen molar-refractivity contribution in [2.75, 3.05) is 6.61 Å². The molecule has 1 aliphatic rings. The third-order valence-corrected chi connectivity index (χ3v) is 2.55. The molecule has 0 aromatic heterocycles. The summed E-state index contributed by atoms with van der Waals surface area (Å²) in [5, 5.41) is 8.66. The van der Waals surface area contributed by atoms with Crippen molar-refractivity contribution in [1.29, 1.82) is 5.26 Å². The first-order valence-electron chi connectivity index (χ1n) is 4.75. The Bertz CT molecular complexity index is 211. The molecule has 13 heavy (non-hydrogen) atoms. The van der Waals surface area contributed by atoms with E-state index >= 15 is 0 Å². The van der Waals surface area contributed by atoms with Crippen molar-refractivity contribution >= 4 is 5.97 Å². The number of carbonyl (C=O) groups is 1. The zero-order chi connectivity index (χ0) is 9.68. The van der Waals surface area contributed by atoms with Crippen LogP contribution < -0.4 is 0 Å². The molecular formula is C10H15NO2. The zero-order valence-corrected chi connectivity index (χ0v) is 7.95. The minimum absolute atomic E-state index is 0.206. The van der Waals surface area contributed by atoms with Gasteiger partial charge in [0.25, 0.3) is 0 Å². The second-order valence-corrected chi connectivity index (χ2v) is 3.65. The lowest BCUT2D eigenvalue weighted by Crippen LogP contribution is -2.19. The summed E-state index contributed by atoms with van der Waals surface area (Å²) in [5.41, 5.74) is 0. The molecule has 0 spiro atoms. The van der Waals surface area contributed by atoms with Gasteiger partial charge >= 0.3 is 5.97 Å². The summed E-state index contributed by atoms with van der Waals surface area (Å²) in [6, 6.07) is 2.28. The van der Waals surface area contributed by atoms with Gasteiger partial charge in [0.1, 0.15) is 0 Å². The highest BCUT2D eigenvalue weighted by atomic mass is 16.5. The fourth-order valence-corrected chi connectivity index (χ4v) is 1.69. The van der Waals surface area contributed by atoms with E-state index in [-0.39, 0.29) is 11.9 Å². The SMILES string of the molecule is CC(=O)OCC1CCC(C#N)CC1. The molecule has 1 rings (SSSR count). The van der Waals surface area contributed by atoms with Gasteiger partial charge in [-0.25, -0.2) is 0 Å². The van der Waals surface area contributed by atoms with Crippen molar-refractivity contribution in [2.24, 2.45) is 11.8 Å². The first kappa shape index (κ1) is 10.0. The number of esters is 1. The number of rotatable bonds is 2. The molecule has 1 fully saturated rings. The van der Waals surface area contributed by atoms with Crippen molar-refractivity contribution in [3.63, 3.8) is 0 Å². The van der Waals surface area contributed by atoms with Gasteiger partial charge in [0, 0.05) is 12.8 Å². The standard InChI is InChI=1S/C10H15NO2/c1-8(12)13-7-10-4-2-9(6-11)3-5-10/h9-10H,2-5,7H2,1H3. The van der Waals surface area contributed by atoms with Crippen LogP contribution in [0.4, 0.5) is 0 Å². The van der Waals surface area contributed by atoms with Crippen LogP contribution in [-0.4, -0.2) is 12.6 Å². The molecule has 0 aromatic rings. The van der Waals surface area contributed by atoms with Crippen LogP contribution in [0.1, 0.15) is 32.6 Å². The molecule has 0 aliphatic heterocycles. The summed E-state index contributed by atoms with van der Waals surface area (Å²) >= 11 is 0. The van der Waals surface area contributed by atoms with Gasteiger partial charge in [-0.2, -0.15) is 5.26 Å². The summed E-state index contributed by atoms with van der Waals surface area (Å²) in [7, 11) is 0. The Morgan fingerprint density at radius 1 is 1.46 bits per heavy atom. The molecule has 0 heterocycles. The predicted octanol–water partition coefficient (Wildman–Crippen LogP) is 1.88. The second kappa shape index (κ2) is 4.86. The van der Waals surface area contributed by atoms with Gasteiger partial charge in [-0.1, -0.05) is 0 Å². The number of ether oxygens (including phenoxy) is 1. The molecule has 0 bridgehead atoms. The highest BCUT2D eigenvalue weighted by molar-refractivity contribution is 5.65. The molecule has 1 saturated carbocycles. The average Bonchev–Trinajstić information content (AvgIpc) is 2.15. The van der Waals surface area contributed by atoms with Gasteiger partial charge in [0.05, 0.1) is 12.7 Å². The minimum Gasteiger partial charge on any atom is -0.466 e. The predicted molar refractivity (Wildman–Crippen MR) is 47.7 cm³/mol. The number of hydrogen-bond acceptors (Lipinski definition) is 3. The molecule has 72 valence electrons. The van der Waals surface area contributed by atoms with Crippen LogP contribution in [0.5, 0.6) is 0 Å². The number of hydrogen-bond donors (Lipinski definition) is 0. The van der Waals surface area contributed by atoms with Gasteiger partial charge in [-0.15, -0.1) is 0 Å². The normalized spacial score (nSPS) is 27.7. The van der Waals surface area contributed by atoms with Crippen LogP contribution in [-0.2, 0) is 9.53 Å². The third-order valence-electron chi connectivity index (χ3n) is 2.55. The van der Waals surface area contributed by atoms with E-state index in [1.165, 1.54) is 6.92 Å². The van der Waals surface area contributed by atoms with Crippen molar-refractivity contribution in [2.45, 2.75) is 32.6 Å². The van der Waals surface area contributed by atoms with Gasteiger partial charge in [0.15, 0.2) is 0 Å². The Hall–Kier alpha value is -1.04. The fourth-order valence-electron chi connectivity index (χ4n) is 1.69. The zero-order valence-electron chi connectivity index (χ0n) is 7.95. The van der Waals surface area contributed by atoms with Crippen LogP contribution in [0, 0.1) is 23.2 Å². The van der Waals surface area contributed by atoms with Crippen molar-refractivity contribution in [1.82, 2.24) is 0 Å². The first-order chi connectivity index (χ1) is 6.22. The van der Waals surface area contributed by atoms with Gasteiger partial charge in [-0.3, -0.25) is 4.79 Å². The van der Waals surface area contributed by atoms with E-state index in [0.717, 1.165) is 25.7 Å². The average molecular weight is 181 g/mol. The van der Waals surface area contributed by atoms with E-state index < -0.39 is 0 Å². The molecule has 0 saturated heterocycles. The monoisotopic (exact) mass is 181 g/mol. The lowest BCUT2D eigenvalue weighted by atomic mass is 9.83. The van der Waals surface area contributed by atoms with E-state index in [0.29, 0.717) is 12.5 Å². The van der Waals surface area contributed by atoms with Crippen molar-refractivity contribution in [3.05, 3.63) is 0 Å². The van der Waals surface area contributed by atoms with Crippen molar-refractivity contribution in [3.8, 4) is 6.07 Å². The summed E-state index contributed by atoms with van der Waals surface area (Å²) in [4.78, 5) is 10.5. The van der Waals surface area contributed by atoms with Crippen LogP contribution in [0.25, 0.3) is 0 Å². The Morgan fingerprint density at radius 3 is 2.54 bits per heavy atom. The smallest absolute Gasteiger partial charge is 0.302 e. The number of nitriles is 1. The van der Waals surface area contributed by atoms with Crippen LogP contribution in [0.3, 0.4) is 0 Å². The quantitative estimate of drug-likeness (QED) is 0.611. The van der Waals surface area contributed by atoms with Crippen LogP contribution >= 0.6 is 0 Å². The number of carbonyl (C=O) groups excluding carboxylic acids is 1. The maximum atomic E-state index is 10.5. The van der Waals surface area contributed by atoms with E-state index in [1.807, 2.05) is 0 Å². The van der Waals surface area contributed by atoms with Gasteiger partial charge in [0.2, 0.25) is 0 Å². The molecule has 3 heteroatoms. The fraction of sp³-hybridized carbons (Fsp3) is 0.800. The molecule has 0 radical (unpaired) electrons. The summed E-state index contributed by atoms with van der Waals surface area (Å²) in [6.45, 7) is 1.97. The molecule has 0 amide bonds. The minimum atomic E-state index is -0.206. The Kier molecular flexibility index (Phi) is 3.75. The molecule has 0 unspecified atom stereocenters. The molecule has 3 nitrogen and oxygen atoms in total. The van der Waals surface area contributed by atoms with Crippen LogP contribution in [0.15, 0.2) is 0 Å². The Labute approximate surface area is 78.7 Å². The summed E-state index contributed by atoms with van der Waals surface area (Å²) in [5.74, 6) is 0.504. The maximum Gasteiger partial charge on any atom is 0.302 e. The van der Waals surface area contributed by atoms with E-state index in [1.54, 1.807) is 0 Å². The lowest BCUT2D eigenvalue weighted by Gasteiger charge is -2.23. The van der Waals surface area contributed by atoms with E-state index in [2.05, 4.69) is 6.07 Å². The largest absolute Gasteiger partial charge is 0.466 e. The highest BCUT2D eigenvalue weighted by Gasteiger charge is 2.21. The Balaban J connectivity index is 2.18. The molecule has 0 N–H and O–H groups in total. The lowest BCUT2D eigenvalue weighted by molar-refractivity contribution is -0.142. The third kappa shape index (κ3) is 3.45. The topological polar surface area (TPSA) is 50.1 Å². The second-order valence-electron chi connectivity index (χ2n) is 3.65. The molecule has 0 atom stereocenters. The summed E-state index contributed by atoms with van der Waals surface area (Å²) in [6.07, 6.45) is 3.96. The van der Waals surface area contributed by atoms with Gasteiger partial charge in [-0.05, 0) is 31.6 Å². The van der Waals surface area contributed by atoms with Crippen molar-refractivity contribution < 1.29 is 9.53 Å². The molecule has 1 aliphatic carbocycles. The molecular weight excluding hydrogens is 166 g/mol. The maximum absolute atomic E-state index is 10.5. The number of nitrogens with zero attached hydrogens (tertiary/aromatic N) is 1. The van der Waals surface area contributed by atoms with E-state index in [9.17, 15) is 4.79 Å².